The average Bonchev–Trinajstić information content (AvgIpc) is 3.35. The number of ether oxygens (including phenoxy) is 1. The van der Waals surface area contributed by atoms with Gasteiger partial charge in [0.15, 0.2) is 5.13 Å². The largest absolute Gasteiger partial charge is 0.494 e. The molecule has 1 aliphatic heterocycles. The maximum atomic E-state index is 12.7. The molecule has 0 spiro atoms. The van der Waals surface area contributed by atoms with E-state index in [0.29, 0.717) is 24.3 Å². The highest BCUT2D eigenvalue weighted by Crippen LogP contribution is 2.29. The van der Waals surface area contributed by atoms with Gasteiger partial charge in [-0.2, -0.15) is 0 Å². The summed E-state index contributed by atoms with van der Waals surface area (Å²) < 4.78 is 12.0. The van der Waals surface area contributed by atoms with Crippen LogP contribution in [0, 0.1) is 0 Å². The van der Waals surface area contributed by atoms with E-state index in [0.717, 1.165) is 41.4 Å². The Labute approximate surface area is 180 Å². The molecule has 0 bridgehead atoms. The number of piperazine rings is 1. The minimum atomic E-state index is -0.0300. The molecule has 0 unspecified atom stereocenters. The van der Waals surface area contributed by atoms with Crippen LogP contribution in [0.4, 0.5) is 5.13 Å². The van der Waals surface area contributed by atoms with Crippen molar-refractivity contribution in [3.8, 4) is 5.75 Å². The first-order valence-electron chi connectivity index (χ1n) is 10.4. The van der Waals surface area contributed by atoms with E-state index in [1.807, 2.05) is 37.3 Å². The molecule has 1 aliphatic rings. The molecule has 1 aromatic carbocycles. The lowest BCUT2D eigenvalue weighted by molar-refractivity contribution is -0.118. The molecule has 1 N–H and O–H groups in total. The van der Waals surface area contributed by atoms with Gasteiger partial charge in [-0.1, -0.05) is 11.3 Å². The maximum absolute atomic E-state index is 12.7. The number of thiazole rings is 1. The molecule has 1 amide bonds. The van der Waals surface area contributed by atoms with Crippen molar-refractivity contribution in [2.24, 2.45) is 0 Å². The highest BCUT2D eigenvalue weighted by Gasteiger charge is 2.30. The van der Waals surface area contributed by atoms with E-state index in [9.17, 15) is 4.79 Å². The number of amides is 1. The van der Waals surface area contributed by atoms with Crippen molar-refractivity contribution >= 4 is 32.6 Å². The van der Waals surface area contributed by atoms with Gasteiger partial charge in [-0.15, -0.1) is 0 Å². The normalized spacial score (nSPS) is 20.5. The van der Waals surface area contributed by atoms with Gasteiger partial charge in [0, 0.05) is 25.2 Å². The van der Waals surface area contributed by atoms with E-state index in [2.05, 4.69) is 33.9 Å². The van der Waals surface area contributed by atoms with Crippen molar-refractivity contribution < 1.29 is 13.9 Å². The number of nitrogens with one attached hydrogen (secondary N) is 1. The average molecular weight is 429 g/mol. The number of hydrogen-bond donors (Lipinski definition) is 1. The number of hydrogen-bond acceptors (Lipinski definition) is 7. The summed E-state index contributed by atoms with van der Waals surface area (Å²) >= 11 is 1.47. The summed E-state index contributed by atoms with van der Waals surface area (Å²) in [6.45, 7) is 9.85. The number of nitrogens with zero attached hydrogens (tertiary/aromatic N) is 3. The Bertz CT molecular complexity index is 988. The molecule has 2 aromatic heterocycles. The fraction of sp³-hybridized carbons (Fsp3) is 0.455. The van der Waals surface area contributed by atoms with Crippen molar-refractivity contribution in [1.82, 2.24) is 14.8 Å². The molecule has 8 heteroatoms. The number of rotatable bonds is 7. The van der Waals surface area contributed by atoms with Gasteiger partial charge in [-0.25, -0.2) is 4.98 Å². The van der Waals surface area contributed by atoms with Gasteiger partial charge in [-0.05, 0) is 51.1 Å². The van der Waals surface area contributed by atoms with E-state index in [1.165, 1.54) is 11.3 Å². The van der Waals surface area contributed by atoms with Crippen LogP contribution in [-0.2, 0) is 11.3 Å². The van der Waals surface area contributed by atoms with E-state index in [-0.39, 0.29) is 11.9 Å². The zero-order chi connectivity index (χ0) is 21.1. The lowest BCUT2D eigenvalue weighted by Crippen LogP contribution is -2.57. The van der Waals surface area contributed by atoms with Crippen molar-refractivity contribution in [2.45, 2.75) is 39.4 Å². The summed E-state index contributed by atoms with van der Waals surface area (Å²) in [6.07, 6.45) is 1.71. The number of fused-ring (bicyclic) bond motifs is 1. The standard InChI is InChI=1S/C22H28N4O3S/c1-4-28-17-7-8-19-20(10-17)30-22(23-19)24-21(27)14-26-12-15(2)25(11-16(26)3)13-18-6-5-9-29-18/h5-10,15-16H,4,11-14H2,1-3H3,(H,23,24,27)/t15-,16-/m1/s1. The van der Waals surface area contributed by atoms with E-state index >= 15 is 0 Å². The third-order valence-electron chi connectivity index (χ3n) is 5.45. The molecule has 160 valence electrons. The van der Waals surface area contributed by atoms with Crippen LogP contribution >= 0.6 is 11.3 Å². The molecule has 3 heterocycles. The summed E-state index contributed by atoms with van der Waals surface area (Å²) in [5, 5.41) is 3.60. The van der Waals surface area contributed by atoms with Gasteiger partial charge in [0.05, 0.1) is 36.2 Å². The second kappa shape index (κ2) is 9.16. The molecule has 4 rings (SSSR count). The predicted molar refractivity (Wildman–Crippen MR) is 119 cm³/mol. The Morgan fingerprint density at radius 2 is 2.07 bits per heavy atom. The van der Waals surface area contributed by atoms with Gasteiger partial charge in [-0.3, -0.25) is 14.6 Å². The third-order valence-corrected chi connectivity index (χ3v) is 6.38. The van der Waals surface area contributed by atoms with E-state index in [1.54, 1.807) is 6.26 Å². The smallest absolute Gasteiger partial charge is 0.240 e. The molecule has 7 nitrogen and oxygen atoms in total. The fourth-order valence-corrected chi connectivity index (χ4v) is 4.78. The van der Waals surface area contributed by atoms with Crippen LogP contribution in [0.15, 0.2) is 41.0 Å². The molecule has 2 atom stereocenters. The van der Waals surface area contributed by atoms with Crippen LogP contribution in [0.2, 0.25) is 0 Å². The maximum Gasteiger partial charge on any atom is 0.240 e. The number of carbonyl (C=O) groups excluding carboxylic acids is 1. The number of aromatic nitrogens is 1. The molecular weight excluding hydrogens is 400 g/mol. The van der Waals surface area contributed by atoms with Gasteiger partial charge >= 0.3 is 0 Å². The highest BCUT2D eigenvalue weighted by molar-refractivity contribution is 7.22. The summed E-state index contributed by atoms with van der Waals surface area (Å²) in [4.78, 5) is 21.8. The van der Waals surface area contributed by atoms with Crippen LogP contribution in [-0.4, -0.2) is 59.0 Å². The zero-order valence-electron chi connectivity index (χ0n) is 17.6. The predicted octanol–water partition coefficient (Wildman–Crippen LogP) is 3.82. The molecular formula is C22H28N4O3S. The minimum absolute atomic E-state index is 0.0300. The number of furan rings is 1. The zero-order valence-corrected chi connectivity index (χ0v) is 18.4. The molecule has 1 fully saturated rings. The van der Waals surface area contributed by atoms with E-state index in [4.69, 9.17) is 9.15 Å². The molecule has 3 aromatic rings. The van der Waals surface area contributed by atoms with Crippen LogP contribution in [0.1, 0.15) is 26.5 Å². The Morgan fingerprint density at radius 3 is 2.83 bits per heavy atom. The fourth-order valence-electron chi connectivity index (χ4n) is 3.87. The molecule has 0 saturated carbocycles. The topological polar surface area (TPSA) is 70.8 Å². The first-order valence-corrected chi connectivity index (χ1v) is 11.2. The Hall–Kier alpha value is -2.42. The van der Waals surface area contributed by atoms with Crippen molar-refractivity contribution in [3.05, 3.63) is 42.4 Å². The van der Waals surface area contributed by atoms with Crippen LogP contribution in [0.3, 0.4) is 0 Å². The summed E-state index contributed by atoms with van der Waals surface area (Å²) in [5.41, 5.74) is 0.868. The molecule has 0 radical (unpaired) electrons. The lowest BCUT2D eigenvalue weighted by atomic mass is 10.1. The molecule has 30 heavy (non-hydrogen) atoms. The Morgan fingerprint density at radius 1 is 1.27 bits per heavy atom. The van der Waals surface area contributed by atoms with Crippen molar-refractivity contribution in [3.63, 3.8) is 0 Å². The second-order valence-corrected chi connectivity index (χ2v) is 8.80. The monoisotopic (exact) mass is 428 g/mol. The Kier molecular flexibility index (Phi) is 6.36. The quantitative estimate of drug-likeness (QED) is 0.617. The van der Waals surface area contributed by atoms with Gasteiger partial charge < -0.3 is 14.5 Å². The second-order valence-electron chi connectivity index (χ2n) is 7.77. The summed E-state index contributed by atoms with van der Waals surface area (Å²) in [7, 11) is 0. The SMILES string of the molecule is CCOc1ccc2nc(NC(=O)CN3C[C@@H](C)N(Cc4ccco4)C[C@H]3C)sc2c1. The summed E-state index contributed by atoms with van der Waals surface area (Å²) in [6, 6.07) is 10.4. The Balaban J connectivity index is 1.34. The first kappa shape index (κ1) is 20.8. The number of benzene rings is 1. The lowest BCUT2D eigenvalue weighted by Gasteiger charge is -2.43. The molecule has 1 saturated heterocycles. The first-order chi connectivity index (χ1) is 14.5. The number of anilines is 1. The minimum Gasteiger partial charge on any atom is -0.494 e. The number of carbonyl (C=O) groups is 1. The van der Waals surface area contributed by atoms with Crippen molar-refractivity contribution in [1.29, 1.82) is 0 Å². The summed E-state index contributed by atoms with van der Waals surface area (Å²) in [5.74, 6) is 1.77. The van der Waals surface area contributed by atoms with Crippen LogP contribution in [0.5, 0.6) is 5.75 Å². The van der Waals surface area contributed by atoms with Crippen molar-refractivity contribution in [2.75, 3.05) is 31.6 Å². The van der Waals surface area contributed by atoms with Gasteiger partial charge in [0.1, 0.15) is 11.5 Å². The van der Waals surface area contributed by atoms with Gasteiger partial charge in [0.2, 0.25) is 5.91 Å². The van der Waals surface area contributed by atoms with Gasteiger partial charge in [0.25, 0.3) is 0 Å². The third kappa shape index (κ3) is 4.83. The van der Waals surface area contributed by atoms with E-state index < -0.39 is 0 Å². The van der Waals surface area contributed by atoms with Crippen LogP contribution in [0.25, 0.3) is 10.2 Å². The highest BCUT2D eigenvalue weighted by atomic mass is 32.1. The molecule has 0 aliphatic carbocycles. The van der Waals surface area contributed by atoms with Crippen LogP contribution < -0.4 is 10.1 Å².